The molecule has 0 bridgehead atoms. The Morgan fingerprint density at radius 3 is 2.59 bits per heavy atom. The molecule has 1 aliphatic carbocycles. The van der Waals surface area contributed by atoms with Crippen molar-refractivity contribution in [3.8, 4) is 0 Å². The third-order valence-corrected chi connectivity index (χ3v) is 3.47. The van der Waals surface area contributed by atoms with Crippen LogP contribution < -0.4 is 5.73 Å². The van der Waals surface area contributed by atoms with E-state index in [4.69, 9.17) is 5.73 Å². The average Bonchev–Trinajstić information content (AvgIpc) is 3.01. The van der Waals surface area contributed by atoms with Crippen LogP contribution in [0.3, 0.4) is 0 Å². The number of nitrogens with two attached hydrogens (primary N) is 1. The molecule has 1 aliphatic rings. The second-order valence-electron chi connectivity index (χ2n) is 5.25. The molecule has 1 fully saturated rings. The fourth-order valence-electron chi connectivity index (χ4n) is 2.08. The van der Waals surface area contributed by atoms with Gasteiger partial charge in [-0.2, -0.15) is 0 Å². The van der Waals surface area contributed by atoms with Crippen LogP contribution in [0.4, 0.5) is 0 Å². The molecule has 0 heterocycles. The van der Waals surface area contributed by atoms with Gasteiger partial charge in [-0.1, -0.05) is 23.8 Å². The Morgan fingerprint density at radius 2 is 2.06 bits per heavy atom. The summed E-state index contributed by atoms with van der Waals surface area (Å²) < 4.78 is 0. The molecule has 3 heteroatoms. The van der Waals surface area contributed by atoms with Crippen molar-refractivity contribution in [1.29, 1.82) is 0 Å². The van der Waals surface area contributed by atoms with Crippen LogP contribution >= 0.6 is 0 Å². The van der Waals surface area contributed by atoms with Crippen LogP contribution in [0.1, 0.15) is 29.5 Å². The summed E-state index contributed by atoms with van der Waals surface area (Å²) in [5, 5.41) is 0. The van der Waals surface area contributed by atoms with E-state index in [9.17, 15) is 4.79 Å². The van der Waals surface area contributed by atoms with E-state index >= 15 is 0 Å². The van der Waals surface area contributed by atoms with E-state index in [1.165, 1.54) is 16.7 Å². The highest BCUT2D eigenvalue weighted by Gasteiger charge is 2.47. The first-order valence-electron chi connectivity index (χ1n) is 6.03. The molecule has 0 saturated heterocycles. The Kier molecular flexibility index (Phi) is 2.96. The molecule has 0 radical (unpaired) electrons. The van der Waals surface area contributed by atoms with Crippen molar-refractivity contribution in [3.63, 3.8) is 0 Å². The molecule has 0 spiro atoms. The van der Waals surface area contributed by atoms with Crippen molar-refractivity contribution in [2.75, 3.05) is 7.05 Å². The highest BCUT2D eigenvalue weighted by Crippen LogP contribution is 2.34. The third kappa shape index (κ3) is 2.50. The molecule has 2 rings (SSSR count). The second kappa shape index (κ2) is 4.15. The fourth-order valence-corrected chi connectivity index (χ4v) is 2.08. The summed E-state index contributed by atoms with van der Waals surface area (Å²) in [6.07, 6.45) is 1.64. The molecule has 0 atom stereocenters. The number of nitrogens with zero attached hydrogens (tertiary/aromatic N) is 1. The van der Waals surface area contributed by atoms with Crippen molar-refractivity contribution < 1.29 is 4.79 Å². The van der Waals surface area contributed by atoms with Crippen molar-refractivity contribution in [2.24, 2.45) is 5.73 Å². The summed E-state index contributed by atoms with van der Waals surface area (Å²) in [4.78, 5) is 13.8. The van der Waals surface area contributed by atoms with Gasteiger partial charge < -0.3 is 10.6 Å². The minimum atomic E-state index is -0.562. The van der Waals surface area contributed by atoms with Crippen LogP contribution in [0.5, 0.6) is 0 Å². The third-order valence-electron chi connectivity index (χ3n) is 3.47. The number of carbonyl (C=O) groups excluding carboxylic acids is 1. The summed E-state index contributed by atoms with van der Waals surface area (Å²) in [6, 6.07) is 6.31. The standard InChI is InChI=1S/C14H20N2O/c1-10-4-5-12(11(2)8-10)9-16(3)13(17)14(15)6-7-14/h4-5,8H,6-7,9,15H2,1-3H3. The van der Waals surface area contributed by atoms with Gasteiger partial charge in [0.1, 0.15) is 0 Å². The molecule has 3 nitrogen and oxygen atoms in total. The van der Waals surface area contributed by atoms with Gasteiger partial charge in [-0.05, 0) is 37.8 Å². The molecule has 1 aromatic rings. The van der Waals surface area contributed by atoms with Gasteiger partial charge in [0.05, 0.1) is 5.54 Å². The Hall–Kier alpha value is -1.35. The average molecular weight is 232 g/mol. The molecule has 1 saturated carbocycles. The monoisotopic (exact) mass is 232 g/mol. The lowest BCUT2D eigenvalue weighted by Crippen LogP contribution is -2.43. The largest absolute Gasteiger partial charge is 0.340 e. The quantitative estimate of drug-likeness (QED) is 0.863. The fraction of sp³-hybridized carbons (Fsp3) is 0.500. The lowest BCUT2D eigenvalue weighted by molar-refractivity contribution is -0.132. The molecule has 92 valence electrons. The summed E-state index contributed by atoms with van der Waals surface area (Å²) in [5.74, 6) is 0.0671. The molecular weight excluding hydrogens is 212 g/mol. The zero-order valence-electron chi connectivity index (χ0n) is 10.8. The van der Waals surface area contributed by atoms with E-state index in [2.05, 4.69) is 32.0 Å². The van der Waals surface area contributed by atoms with Gasteiger partial charge in [-0.3, -0.25) is 4.79 Å². The minimum Gasteiger partial charge on any atom is -0.340 e. The molecule has 0 aromatic heterocycles. The number of rotatable bonds is 3. The van der Waals surface area contributed by atoms with E-state index in [1.54, 1.807) is 4.90 Å². The second-order valence-corrected chi connectivity index (χ2v) is 5.25. The summed E-state index contributed by atoms with van der Waals surface area (Å²) in [5.41, 5.74) is 9.02. The molecular formula is C14H20N2O. The Bertz CT molecular complexity index is 450. The SMILES string of the molecule is Cc1ccc(CN(C)C(=O)C2(N)CC2)c(C)c1. The molecule has 17 heavy (non-hydrogen) atoms. The van der Waals surface area contributed by atoms with Crippen molar-refractivity contribution >= 4 is 5.91 Å². The van der Waals surface area contributed by atoms with Gasteiger partial charge in [0.15, 0.2) is 0 Å². The number of amides is 1. The molecule has 0 unspecified atom stereocenters. The highest BCUT2D eigenvalue weighted by atomic mass is 16.2. The number of benzene rings is 1. The first-order valence-corrected chi connectivity index (χ1v) is 6.03. The normalized spacial score (nSPS) is 16.7. The molecule has 1 amide bonds. The van der Waals surface area contributed by atoms with Crippen LogP contribution in [-0.4, -0.2) is 23.4 Å². The van der Waals surface area contributed by atoms with E-state index in [-0.39, 0.29) is 5.91 Å². The first-order chi connectivity index (χ1) is 7.92. The van der Waals surface area contributed by atoms with E-state index in [0.717, 1.165) is 12.8 Å². The van der Waals surface area contributed by atoms with Gasteiger partial charge >= 0.3 is 0 Å². The van der Waals surface area contributed by atoms with Gasteiger partial charge in [0.25, 0.3) is 0 Å². The number of likely N-dealkylation sites (N-methyl/N-ethyl adjacent to an activating group) is 1. The van der Waals surface area contributed by atoms with Gasteiger partial charge in [-0.25, -0.2) is 0 Å². The molecule has 0 aliphatic heterocycles. The Morgan fingerprint density at radius 1 is 1.41 bits per heavy atom. The summed E-state index contributed by atoms with van der Waals surface area (Å²) >= 11 is 0. The van der Waals surface area contributed by atoms with Crippen LogP contribution in [0.2, 0.25) is 0 Å². The molecule has 2 N–H and O–H groups in total. The maximum Gasteiger partial charge on any atom is 0.242 e. The number of carbonyl (C=O) groups is 1. The maximum atomic E-state index is 12.0. The zero-order chi connectivity index (χ0) is 12.6. The van der Waals surface area contributed by atoms with Crippen LogP contribution in [0.15, 0.2) is 18.2 Å². The zero-order valence-corrected chi connectivity index (χ0v) is 10.8. The minimum absolute atomic E-state index is 0.0671. The number of aryl methyl sites for hydroxylation is 2. The van der Waals surface area contributed by atoms with Crippen molar-refractivity contribution in [1.82, 2.24) is 4.90 Å². The smallest absolute Gasteiger partial charge is 0.242 e. The lowest BCUT2D eigenvalue weighted by Gasteiger charge is -2.22. The van der Waals surface area contributed by atoms with Gasteiger partial charge in [0, 0.05) is 13.6 Å². The predicted octanol–water partition coefficient (Wildman–Crippen LogP) is 1.75. The Labute approximate surface area is 103 Å². The maximum absolute atomic E-state index is 12.0. The van der Waals surface area contributed by atoms with Gasteiger partial charge in [0.2, 0.25) is 5.91 Å². The van der Waals surface area contributed by atoms with E-state index in [0.29, 0.717) is 6.54 Å². The summed E-state index contributed by atoms with van der Waals surface area (Å²) in [7, 11) is 1.83. The Balaban J connectivity index is 2.07. The topological polar surface area (TPSA) is 46.3 Å². The van der Waals surface area contributed by atoms with Crippen molar-refractivity contribution in [3.05, 3.63) is 34.9 Å². The van der Waals surface area contributed by atoms with E-state index < -0.39 is 5.54 Å². The lowest BCUT2D eigenvalue weighted by atomic mass is 10.1. The van der Waals surface area contributed by atoms with Crippen LogP contribution in [0, 0.1) is 13.8 Å². The first kappa shape index (κ1) is 12.1. The van der Waals surface area contributed by atoms with Gasteiger partial charge in [-0.15, -0.1) is 0 Å². The van der Waals surface area contributed by atoms with Crippen LogP contribution in [0.25, 0.3) is 0 Å². The van der Waals surface area contributed by atoms with E-state index in [1.807, 2.05) is 7.05 Å². The number of hydrogen-bond acceptors (Lipinski definition) is 2. The summed E-state index contributed by atoms with van der Waals surface area (Å²) in [6.45, 7) is 4.80. The van der Waals surface area contributed by atoms with Crippen LogP contribution in [-0.2, 0) is 11.3 Å². The molecule has 1 aromatic carbocycles. The predicted molar refractivity (Wildman–Crippen MR) is 68.5 cm³/mol. The van der Waals surface area contributed by atoms with Crippen molar-refractivity contribution in [2.45, 2.75) is 38.8 Å². The number of hydrogen-bond donors (Lipinski definition) is 1. The highest BCUT2D eigenvalue weighted by molar-refractivity contribution is 5.88.